The van der Waals surface area contributed by atoms with Crippen molar-refractivity contribution in [3.63, 3.8) is 0 Å². The van der Waals surface area contributed by atoms with Crippen LogP contribution in [0, 0.1) is 5.92 Å². The van der Waals surface area contributed by atoms with Crippen molar-refractivity contribution in [2.45, 2.75) is 31.1 Å². The van der Waals surface area contributed by atoms with Gasteiger partial charge in [0.25, 0.3) is 5.91 Å². The van der Waals surface area contributed by atoms with Gasteiger partial charge in [0.15, 0.2) is 0 Å². The highest BCUT2D eigenvalue weighted by atomic mass is 19.4. The maximum absolute atomic E-state index is 12.9. The Labute approximate surface area is 175 Å². The molecule has 1 saturated heterocycles. The van der Waals surface area contributed by atoms with E-state index in [2.05, 4.69) is 15.6 Å². The highest BCUT2D eigenvalue weighted by Crippen LogP contribution is 2.40. The average molecular weight is 431 g/mol. The van der Waals surface area contributed by atoms with Crippen molar-refractivity contribution >= 4 is 22.5 Å². The molecule has 1 saturated carbocycles. The molecule has 3 atom stereocenters. The van der Waals surface area contributed by atoms with Crippen molar-refractivity contribution in [1.29, 1.82) is 0 Å². The number of fused-ring (bicyclic) bond motifs is 3. The monoisotopic (exact) mass is 431 g/mol. The van der Waals surface area contributed by atoms with Crippen LogP contribution in [0.4, 0.5) is 18.9 Å². The quantitative estimate of drug-likeness (QED) is 0.659. The Kier molecular flexibility index (Phi) is 4.62. The summed E-state index contributed by atoms with van der Waals surface area (Å²) in [6.07, 6.45) is -0.509. The zero-order chi connectivity index (χ0) is 21.8. The molecule has 2 aromatic heterocycles. The van der Waals surface area contributed by atoms with E-state index in [-0.39, 0.29) is 5.69 Å². The maximum atomic E-state index is 12.9. The third kappa shape index (κ3) is 3.60. The minimum Gasteiger partial charge on any atom is -0.494 e. The van der Waals surface area contributed by atoms with Gasteiger partial charge in [0, 0.05) is 30.2 Å². The number of carbonyl (C=O) groups is 1. The number of carbonyl (C=O) groups excluding carboxylic acids is 1. The van der Waals surface area contributed by atoms with Crippen molar-refractivity contribution in [2.75, 3.05) is 19.0 Å². The molecule has 0 radical (unpaired) electrons. The smallest absolute Gasteiger partial charge is 0.433 e. The van der Waals surface area contributed by atoms with Gasteiger partial charge in [-0.2, -0.15) is 18.3 Å². The summed E-state index contributed by atoms with van der Waals surface area (Å²) in [5.41, 5.74) is -0.387. The fourth-order valence-corrected chi connectivity index (χ4v) is 4.54. The van der Waals surface area contributed by atoms with Gasteiger partial charge in [0.1, 0.15) is 17.1 Å². The number of pyridine rings is 1. The number of piperidine rings is 1. The largest absolute Gasteiger partial charge is 0.494 e. The number of halogens is 3. The van der Waals surface area contributed by atoms with Crippen LogP contribution in [0.5, 0.6) is 5.75 Å². The normalized spacial score (nSPS) is 22.8. The molecule has 2 bridgehead atoms. The topological polar surface area (TPSA) is 81.1 Å². The number of anilines is 1. The highest BCUT2D eigenvalue weighted by Gasteiger charge is 2.40. The number of benzene rings is 1. The molecule has 1 amide bonds. The summed E-state index contributed by atoms with van der Waals surface area (Å²) >= 11 is 0. The van der Waals surface area contributed by atoms with Crippen molar-refractivity contribution in [1.82, 2.24) is 20.1 Å². The van der Waals surface area contributed by atoms with Gasteiger partial charge in [-0.1, -0.05) is 6.07 Å². The molecule has 10 heteroatoms. The number of alkyl halides is 3. The number of ether oxygens (including phenoxy) is 1. The number of nitrogens with zero attached hydrogens (tertiary/aromatic N) is 3. The van der Waals surface area contributed by atoms with E-state index in [4.69, 9.17) is 9.84 Å². The van der Waals surface area contributed by atoms with E-state index in [1.54, 1.807) is 12.1 Å². The van der Waals surface area contributed by atoms with Crippen molar-refractivity contribution in [3.05, 3.63) is 47.9 Å². The van der Waals surface area contributed by atoms with E-state index >= 15 is 0 Å². The minimum absolute atomic E-state index is 0.331. The first kappa shape index (κ1) is 19.8. The Bertz CT molecular complexity index is 1160. The molecule has 1 aliphatic heterocycles. The van der Waals surface area contributed by atoms with E-state index in [1.165, 1.54) is 13.2 Å². The predicted molar refractivity (Wildman–Crippen MR) is 107 cm³/mol. The molecule has 31 heavy (non-hydrogen) atoms. The summed E-state index contributed by atoms with van der Waals surface area (Å²) in [6.45, 7) is 0.986. The van der Waals surface area contributed by atoms with Crippen LogP contribution in [0.25, 0.3) is 10.9 Å². The van der Waals surface area contributed by atoms with Gasteiger partial charge in [-0.05, 0) is 37.0 Å². The van der Waals surface area contributed by atoms with Crippen molar-refractivity contribution < 1.29 is 22.7 Å². The van der Waals surface area contributed by atoms with Crippen molar-refractivity contribution in [2.24, 2.45) is 5.92 Å². The number of hydrogen-bond acceptors (Lipinski definition) is 5. The van der Waals surface area contributed by atoms with Crippen LogP contribution < -0.4 is 15.4 Å². The number of aromatic nitrogens is 3. The van der Waals surface area contributed by atoms with Gasteiger partial charge >= 0.3 is 6.18 Å². The van der Waals surface area contributed by atoms with Crippen LogP contribution in [-0.2, 0) is 6.18 Å². The van der Waals surface area contributed by atoms with Gasteiger partial charge in [0.05, 0.1) is 24.4 Å². The summed E-state index contributed by atoms with van der Waals surface area (Å²) in [6, 6.07) is 7.50. The molecule has 5 rings (SSSR count). The van der Waals surface area contributed by atoms with Crippen LogP contribution in [0.15, 0.2) is 36.5 Å². The Hall–Kier alpha value is -3.14. The molecule has 7 nitrogen and oxygen atoms in total. The molecule has 162 valence electrons. The molecule has 3 aromatic rings. The van der Waals surface area contributed by atoms with Crippen LogP contribution in [0.2, 0.25) is 0 Å². The van der Waals surface area contributed by atoms with Gasteiger partial charge in [-0.3, -0.25) is 9.48 Å². The summed E-state index contributed by atoms with van der Waals surface area (Å²) in [7, 11) is 1.46. The van der Waals surface area contributed by atoms with E-state index < -0.39 is 17.8 Å². The second-order valence-electron chi connectivity index (χ2n) is 7.98. The number of nitrogens with one attached hydrogen (secondary N) is 2. The van der Waals surface area contributed by atoms with Crippen LogP contribution >= 0.6 is 0 Å². The second-order valence-corrected chi connectivity index (χ2v) is 7.98. The van der Waals surface area contributed by atoms with Crippen LogP contribution in [0.1, 0.15) is 35.1 Å². The molecule has 0 spiro atoms. The molecule has 2 fully saturated rings. The number of amides is 1. The number of methoxy groups -OCH3 is 1. The summed E-state index contributed by atoms with van der Waals surface area (Å²) < 4.78 is 46.1. The lowest BCUT2D eigenvalue weighted by molar-refractivity contribution is -0.141. The maximum Gasteiger partial charge on any atom is 0.433 e. The van der Waals surface area contributed by atoms with Gasteiger partial charge in [0.2, 0.25) is 0 Å². The standard InChI is InChI=1S/C21H20F3N5O2/c1-31-18-8-15-12(10-29(28-15)17-7-13-5-11(17)9-25-13)6-16(18)27-20(30)14-3-2-4-19(26-14)21(22,23)24/h2-4,6,8,10-11,13,17,25H,5,7,9H2,1H3,(H,27,30)/t11-,13-,17+/m1/s1. The van der Waals surface area contributed by atoms with E-state index in [1.807, 2.05) is 10.9 Å². The third-order valence-electron chi connectivity index (χ3n) is 6.03. The SMILES string of the molecule is COc1cc2nn([C@H]3C[C@H]4C[C@@H]3CN4)cc2cc1NC(=O)c1cccc(C(F)(F)F)n1. The Morgan fingerprint density at radius 2 is 2.13 bits per heavy atom. The van der Waals surface area contributed by atoms with E-state index in [9.17, 15) is 18.0 Å². The fraction of sp³-hybridized carbons (Fsp3) is 0.381. The molecule has 3 heterocycles. The Balaban J connectivity index is 1.43. The first-order valence-corrected chi connectivity index (χ1v) is 9.97. The first-order valence-electron chi connectivity index (χ1n) is 9.97. The molecular formula is C21H20F3N5O2. The van der Waals surface area contributed by atoms with Crippen LogP contribution in [-0.4, -0.2) is 40.4 Å². The van der Waals surface area contributed by atoms with E-state index in [0.717, 1.165) is 42.4 Å². The molecule has 1 aromatic carbocycles. The lowest BCUT2D eigenvalue weighted by Crippen LogP contribution is -2.31. The van der Waals surface area contributed by atoms with Crippen molar-refractivity contribution in [3.8, 4) is 5.75 Å². The molecular weight excluding hydrogens is 411 g/mol. The Morgan fingerprint density at radius 3 is 2.81 bits per heavy atom. The highest BCUT2D eigenvalue weighted by molar-refractivity contribution is 6.05. The lowest BCUT2D eigenvalue weighted by Gasteiger charge is -2.22. The molecule has 1 aliphatic carbocycles. The van der Waals surface area contributed by atoms with Gasteiger partial charge in [-0.15, -0.1) is 0 Å². The fourth-order valence-electron chi connectivity index (χ4n) is 4.54. The van der Waals surface area contributed by atoms with Gasteiger partial charge in [-0.25, -0.2) is 4.98 Å². The molecule has 0 unspecified atom stereocenters. The number of rotatable bonds is 4. The first-order chi connectivity index (χ1) is 14.8. The summed E-state index contributed by atoms with van der Waals surface area (Å²) in [5.74, 6) is 0.162. The number of hydrogen-bond donors (Lipinski definition) is 2. The van der Waals surface area contributed by atoms with E-state index in [0.29, 0.717) is 29.4 Å². The third-order valence-corrected chi connectivity index (χ3v) is 6.03. The summed E-state index contributed by atoms with van der Waals surface area (Å²) in [4.78, 5) is 16.0. The minimum atomic E-state index is -4.63. The predicted octanol–water partition coefficient (Wildman–Crippen LogP) is 3.63. The average Bonchev–Trinajstić information content (AvgIpc) is 3.47. The Morgan fingerprint density at radius 1 is 1.29 bits per heavy atom. The second kappa shape index (κ2) is 7.23. The molecule has 2 N–H and O–H groups in total. The zero-order valence-electron chi connectivity index (χ0n) is 16.6. The molecule has 2 aliphatic rings. The summed E-state index contributed by atoms with van der Waals surface area (Å²) in [5, 5.41) is 11.6. The van der Waals surface area contributed by atoms with Crippen LogP contribution in [0.3, 0.4) is 0 Å². The lowest BCUT2D eigenvalue weighted by atomic mass is 10.0. The zero-order valence-corrected chi connectivity index (χ0v) is 16.6. The van der Waals surface area contributed by atoms with Gasteiger partial charge < -0.3 is 15.4 Å².